The Labute approximate surface area is 198 Å². The van der Waals surface area contributed by atoms with Gasteiger partial charge in [0, 0.05) is 50.4 Å². The second kappa shape index (κ2) is 10.9. The summed E-state index contributed by atoms with van der Waals surface area (Å²) < 4.78 is 34.1. The van der Waals surface area contributed by atoms with Crippen molar-refractivity contribution in [3.05, 3.63) is 81.6 Å². The van der Waals surface area contributed by atoms with Gasteiger partial charge in [0.15, 0.2) is 11.6 Å². The molecule has 0 atom stereocenters. The molecule has 0 N–H and O–H groups in total. The average Bonchev–Trinajstić information content (AvgIpc) is 2.84. The molecule has 0 bridgehead atoms. The van der Waals surface area contributed by atoms with Crippen LogP contribution in [0.2, 0.25) is 0 Å². The third-order valence-electron chi connectivity index (χ3n) is 6.23. The van der Waals surface area contributed by atoms with Gasteiger partial charge < -0.3 is 9.64 Å². The van der Waals surface area contributed by atoms with Gasteiger partial charge in [-0.2, -0.15) is 5.10 Å². The third-order valence-corrected chi connectivity index (χ3v) is 6.23. The molecule has 0 spiro atoms. The number of aryl methyl sites for hydroxylation is 2. The van der Waals surface area contributed by atoms with Gasteiger partial charge in [0.25, 0.3) is 5.56 Å². The van der Waals surface area contributed by atoms with Crippen molar-refractivity contribution in [2.24, 2.45) is 0 Å². The molecule has 2 heterocycles. The molecule has 1 saturated heterocycles. The van der Waals surface area contributed by atoms with Crippen molar-refractivity contribution in [1.29, 1.82) is 0 Å². The Morgan fingerprint density at radius 1 is 1.00 bits per heavy atom. The van der Waals surface area contributed by atoms with Gasteiger partial charge in [-0.1, -0.05) is 12.1 Å². The SMILES string of the molecule is COc1ccc(-c2cc(CN3CCN(C)CC3)c(=O)n(CCCc3ccc(F)cc3)n2)cc1F. The number of aromatic nitrogens is 2. The zero-order chi connectivity index (χ0) is 24.1. The molecule has 0 radical (unpaired) electrons. The molecule has 8 heteroatoms. The number of nitrogens with zero attached hydrogens (tertiary/aromatic N) is 4. The van der Waals surface area contributed by atoms with E-state index in [0.29, 0.717) is 42.8 Å². The van der Waals surface area contributed by atoms with Crippen molar-refractivity contribution < 1.29 is 13.5 Å². The number of hydrogen-bond donors (Lipinski definition) is 0. The fourth-order valence-corrected chi connectivity index (χ4v) is 4.16. The number of halogens is 2. The van der Waals surface area contributed by atoms with Gasteiger partial charge in [0.2, 0.25) is 0 Å². The van der Waals surface area contributed by atoms with E-state index in [9.17, 15) is 13.6 Å². The van der Waals surface area contributed by atoms with Gasteiger partial charge >= 0.3 is 0 Å². The number of hydrogen-bond acceptors (Lipinski definition) is 5. The molecule has 1 aliphatic rings. The van der Waals surface area contributed by atoms with Crippen molar-refractivity contribution in [3.8, 4) is 17.0 Å². The maximum Gasteiger partial charge on any atom is 0.271 e. The van der Waals surface area contributed by atoms with Crippen LogP contribution in [0.4, 0.5) is 8.78 Å². The maximum absolute atomic E-state index is 14.4. The summed E-state index contributed by atoms with van der Waals surface area (Å²) in [4.78, 5) is 17.8. The molecule has 1 aromatic heterocycles. The van der Waals surface area contributed by atoms with E-state index in [1.807, 2.05) is 0 Å². The highest BCUT2D eigenvalue weighted by molar-refractivity contribution is 5.60. The minimum absolute atomic E-state index is 0.129. The van der Waals surface area contributed by atoms with Gasteiger partial charge in [-0.3, -0.25) is 9.69 Å². The molecule has 6 nitrogen and oxygen atoms in total. The fraction of sp³-hybridized carbons (Fsp3) is 0.385. The Balaban J connectivity index is 1.60. The highest BCUT2D eigenvalue weighted by Gasteiger charge is 2.18. The van der Waals surface area contributed by atoms with E-state index < -0.39 is 5.82 Å². The first-order valence-corrected chi connectivity index (χ1v) is 11.5. The van der Waals surface area contributed by atoms with Crippen LogP contribution in [0.5, 0.6) is 5.75 Å². The van der Waals surface area contributed by atoms with Crippen LogP contribution in [0, 0.1) is 11.6 Å². The largest absolute Gasteiger partial charge is 0.494 e. The summed E-state index contributed by atoms with van der Waals surface area (Å²) >= 11 is 0. The Morgan fingerprint density at radius 3 is 2.41 bits per heavy atom. The monoisotopic (exact) mass is 468 g/mol. The summed E-state index contributed by atoms with van der Waals surface area (Å²) in [6.45, 7) is 4.61. The van der Waals surface area contributed by atoms with Crippen molar-refractivity contribution in [1.82, 2.24) is 19.6 Å². The van der Waals surface area contributed by atoms with Gasteiger partial charge in [0.1, 0.15) is 5.82 Å². The molecular weight excluding hydrogens is 438 g/mol. The van der Waals surface area contributed by atoms with Crippen LogP contribution in [0.3, 0.4) is 0 Å². The lowest BCUT2D eigenvalue weighted by molar-refractivity contribution is 0.147. The number of methoxy groups -OCH3 is 1. The van der Waals surface area contributed by atoms with Crippen LogP contribution in [-0.4, -0.2) is 59.9 Å². The second-order valence-corrected chi connectivity index (χ2v) is 8.74. The summed E-state index contributed by atoms with van der Waals surface area (Å²) in [5.41, 5.74) is 2.65. The predicted octanol–water partition coefficient (Wildman–Crippen LogP) is 3.58. The van der Waals surface area contributed by atoms with Gasteiger partial charge in [-0.15, -0.1) is 0 Å². The molecule has 0 amide bonds. The Bertz CT molecular complexity index is 1170. The minimum atomic E-state index is -0.475. The second-order valence-electron chi connectivity index (χ2n) is 8.74. The number of benzene rings is 2. The summed E-state index contributed by atoms with van der Waals surface area (Å²) in [6, 6.07) is 12.8. The summed E-state index contributed by atoms with van der Waals surface area (Å²) in [7, 11) is 3.51. The van der Waals surface area contributed by atoms with E-state index in [0.717, 1.165) is 31.7 Å². The molecule has 4 rings (SSSR count). The zero-order valence-electron chi connectivity index (χ0n) is 19.6. The summed E-state index contributed by atoms with van der Waals surface area (Å²) in [5, 5.41) is 4.56. The highest BCUT2D eigenvalue weighted by Crippen LogP contribution is 2.24. The Kier molecular flexibility index (Phi) is 7.70. The van der Waals surface area contributed by atoms with Gasteiger partial charge in [0.05, 0.1) is 12.8 Å². The molecule has 34 heavy (non-hydrogen) atoms. The zero-order valence-corrected chi connectivity index (χ0v) is 19.6. The molecular formula is C26H30F2N4O2. The standard InChI is InChI=1S/C26H30F2N4O2/c1-30-12-14-31(15-13-30)18-21-17-24(20-7-10-25(34-2)23(28)16-20)29-32(26(21)33)11-3-4-19-5-8-22(27)9-6-19/h5-10,16-17H,3-4,11-15,18H2,1-2H3. The molecule has 1 fully saturated rings. The number of rotatable bonds is 8. The van der Waals surface area contributed by atoms with Crippen LogP contribution in [-0.2, 0) is 19.5 Å². The normalized spacial score (nSPS) is 14.9. The van der Waals surface area contributed by atoms with E-state index in [4.69, 9.17) is 4.74 Å². The number of piperazine rings is 1. The first-order valence-electron chi connectivity index (χ1n) is 11.5. The number of likely N-dealkylation sites (N-methyl/N-ethyl adjacent to an activating group) is 1. The van der Waals surface area contributed by atoms with Crippen LogP contribution >= 0.6 is 0 Å². The van der Waals surface area contributed by atoms with Crippen molar-refractivity contribution >= 4 is 0 Å². The van der Waals surface area contributed by atoms with Crippen molar-refractivity contribution in [3.63, 3.8) is 0 Å². The molecule has 180 valence electrons. The van der Waals surface area contributed by atoms with Crippen LogP contribution in [0.1, 0.15) is 17.5 Å². The molecule has 2 aromatic carbocycles. The lowest BCUT2D eigenvalue weighted by Crippen LogP contribution is -2.45. The van der Waals surface area contributed by atoms with E-state index >= 15 is 0 Å². The molecule has 0 saturated carbocycles. The molecule has 0 aliphatic carbocycles. The third kappa shape index (κ3) is 5.87. The fourth-order valence-electron chi connectivity index (χ4n) is 4.16. The average molecular weight is 469 g/mol. The molecule has 3 aromatic rings. The summed E-state index contributed by atoms with van der Waals surface area (Å²) in [5.74, 6) is -0.583. The number of ether oxygens (including phenoxy) is 1. The van der Waals surface area contributed by atoms with Crippen LogP contribution in [0.25, 0.3) is 11.3 Å². The van der Waals surface area contributed by atoms with Crippen LogP contribution < -0.4 is 10.3 Å². The predicted molar refractivity (Wildman–Crippen MR) is 128 cm³/mol. The first kappa shape index (κ1) is 24.0. The lowest BCUT2D eigenvalue weighted by atomic mass is 10.1. The van der Waals surface area contributed by atoms with E-state index in [1.165, 1.54) is 30.0 Å². The molecule has 1 aliphatic heterocycles. The lowest BCUT2D eigenvalue weighted by Gasteiger charge is -2.32. The smallest absolute Gasteiger partial charge is 0.271 e. The highest BCUT2D eigenvalue weighted by atomic mass is 19.1. The van der Waals surface area contributed by atoms with E-state index in [-0.39, 0.29) is 17.1 Å². The van der Waals surface area contributed by atoms with Crippen molar-refractivity contribution in [2.45, 2.75) is 25.9 Å². The first-order chi connectivity index (χ1) is 16.4. The van der Waals surface area contributed by atoms with Gasteiger partial charge in [-0.25, -0.2) is 13.5 Å². The molecule has 0 unspecified atom stereocenters. The van der Waals surface area contributed by atoms with Crippen molar-refractivity contribution in [2.75, 3.05) is 40.3 Å². The minimum Gasteiger partial charge on any atom is -0.494 e. The van der Waals surface area contributed by atoms with Gasteiger partial charge in [-0.05, 0) is 61.9 Å². The quantitative estimate of drug-likeness (QED) is 0.506. The summed E-state index contributed by atoms with van der Waals surface area (Å²) in [6.07, 6.45) is 1.37. The van der Waals surface area contributed by atoms with E-state index in [1.54, 1.807) is 30.3 Å². The van der Waals surface area contributed by atoms with Crippen LogP contribution in [0.15, 0.2) is 53.3 Å². The Morgan fingerprint density at radius 2 is 1.74 bits per heavy atom. The van der Waals surface area contributed by atoms with E-state index in [2.05, 4.69) is 21.9 Å². The topological polar surface area (TPSA) is 50.6 Å². The Hall–Kier alpha value is -3.10. The maximum atomic E-state index is 14.4.